The summed E-state index contributed by atoms with van der Waals surface area (Å²) >= 11 is 0. The number of allylic oxidation sites excluding steroid dienone is 1. The molecule has 10 heavy (non-hydrogen) atoms. The van der Waals surface area contributed by atoms with Crippen LogP contribution in [0, 0.1) is 0 Å². The Labute approximate surface area is 65.2 Å². The smallest absolute Gasteiger partial charge is 0.0246 e. The summed E-state index contributed by atoms with van der Waals surface area (Å²) < 4.78 is 0. The maximum Gasteiger partial charge on any atom is 0.0246 e. The first kappa shape index (κ1) is 16.1. The molecule has 0 spiro atoms. The number of rotatable bonds is 1. The number of hydrogen-bond donors (Lipinski definition) is 0. The third kappa shape index (κ3) is 58.5. The first-order valence-corrected chi connectivity index (χ1v) is 3.36. The molecule has 60 valence electrons. The predicted octanol–water partition coefficient (Wildman–Crippen LogP) is 3.44. The number of nitrogens with zero attached hydrogens (tertiary/aromatic N) is 1. The molecular weight excluding hydrogens is 122 g/mol. The Morgan fingerprint density at radius 2 is 1.50 bits per heavy atom. The summed E-state index contributed by atoms with van der Waals surface area (Å²) in [5.41, 5.74) is 1.19. The number of aliphatic imine (C=N–C) groups is 1. The molecule has 0 saturated heterocycles. The summed E-state index contributed by atoms with van der Waals surface area (Å²) in [6, 6.07) is 0. The number of hydrogen-bond acceptors (Lipinski definition) is 1. The van der Waals surface area contributed by atoms with Crippen molar-refractivity contribution < 1.29 is 0 Å². The van der Waals surface area contributed by atoms with E-state index in [1.54, 1.807) is 6.20 Å². The second kappa shape index (κ2) is 24.2. The van der Waals surface area contributed by atoms with E-state index < -0.39 is 0 Å². The molecule has 0 aromatic rings. The molecule has 1 heteroatoms. The van der Waals surface area contributed by atoms with Gasteiger partial charge in [-0.05, 0) is 20.6 Å². The molecular formula is C9H19N. The lowest BCUT2D eigenvalue weighted by Gasteiger charge is -1.75. The van der Waals surface area contributed by atoms with E-state index in [0.717, 1.165) is 0 Å². The molecule has 0 saturated carbocycles. The minimum atomic E-state index is 1.19. The third-order valence-corrected chi connectivity index (χ3v) is 0.349. The molecule has 0 fully saturated rings. The van der Waals surface area contributed by atoms with Gasteiger partial charge in [-0.1, -0.05) is 19.4 Å². The fourth-order valence-electron chi connectivity index (χ4n) is 0.183. The van der Waals surface area contributed by atoms with Gasteiger partial charge in [-0.25, -0.2) is 0 Å². The van der Waals surface area contributed by atoms with Gasteiger partial charge in [0.15, 0.2) is 0 Å². The van der Waals surface area contributed by atoms with Gasteiger partial charge in [-0.3, -0.25) is 4.99 Å². The van der Waals surface area contributed by atoms with E-state index in [9.17, 15) is 0 Å². The molecule has 0 aliphatic rings. The van der Waals surface area contributed by atoms with Crippen molar-refractivity contribution >= 4 is 6.72 Å². The van der Waals surface area contributed by atoms with Gasteiger partial charge in [-0.15, -0.1) is 13.2 Å². The minimum Gasteiger partial charge on any atom is -0.273 e. The highest BCUT2D eigenvalue weighted by molar-refractivity contribution is 5.26. The average molecular weight is 141 g/mol. The summed E-state index contributed by atoms with van der Waals surface area (Å²) in [5.74, 6) is 0. The quantitative estimate of drug-likeness (QED) is 0.392. The molecule has 0 N–H and O–H groups in total. The Kier molecular flexibility index (Phi) is 38.9. The zero-order chi connectivity index (χ0) is 8.99. The SMILES string of the molecule is C=C.C=NC=C(C)C.CC. The van der Waals surface area contributed by atoms with E-state index in [0.29, 0.717) is 0 Å². The Bertz CT molecular complexity index is 78.7. The van der Waals surface area contributed by atoms with Gasteiger partial charge in [0.05, 0.1) is 0 Å². The van der Waals surface area contributed by atoms with Crippen LogP contribution in [0.25, 0.3) is 0 Å². The Hall–Kier alpha value is -0.850. The molecule has 0 atom stereocenters. The van der Waals surface area contributed by atoms with Crippen LogP contribution in [-0.2, 0) is 0 Å². The van der Waals surface area contributed by atoms with Gasteiger partial charge in [0, 0.05) is 6.20 Å². The van der Waals surface area contributed by atoms with Crippen LogP contribution in [0.5, 0.6) is 0 Å². The highest BCUT2D eigenvalue weighted by Gasteiger charge is 1.64. The first-order chi connectivity index (χ1) is 4.77. The second-order valence-electron chi connectivity index (χ2n) is 1.39. The highest BCUT2D eigenvalue weighted by Crippen LogP contribution is 1.84. The fourth-order valence-corrected chi connectivity index (χ4v) is 0.183. The first-order valence-electron chi connectivity index (χ1n) is 3.36. The van der Waals surface area contributed by atoms with E-state index >= 15 is 0 Å². The van der Waals surface area contributed by atoms with Gasteiger partial charge in [0.2, 0.25) is 0 Å². The largest absolute Gasteiger partial charge is 0.273 e. The Morgan fingerprint density at radius 1 is 1.20 bits per heavy atom. The van der Waals surface area contributed by atoms with Crippen molar-refractivity contribution in [2.45, 2.75) is 27.7 Å². The second-order valence-corrected chi connectivity index (χ2v) is 1.39. The molecule has 0 amide bonds. The normalized spacial score (nSPS) is 5.20. The van der Waals surface area contributed by atoms with Crippen molar-refractivity contribution in [3.8, 4) is 0 Å². The van der Waals surface area contributed by atoms with Crippen molar-refractivity contribution in [3.63, 3.8) is 0 Å². The van der Waals surface area contributed by atoms with Crippen LogP contribution in [0.1, 0.15) is 27.7 Å². The molecule has 0 rings (SSSR count). The maximum atomic E-state index is 3.52. The van der Waals surface area contributed by atoms with Gasteiger partial charge < -0.3 is 0 Å². The maximum absolute atomic E-state index is 3.52. The van der Waals surface area contributed by atoms with E-state index in [-0.39, 0.29) is 0 Å². The summed E-state index contributed by atoms with van der Waals surface area (Å²) in [4.78, 5) is 3.52. The minimum absolute atomic E-state index is 1.19. The van der Waals surface area contributed by atoms with Crippen molar-refractivity contribution in [1.29, 1.82) is 0 Å². The van der Waals surface area contributed by atoms with Crippen LogP contribution >= 0.6 is 0 Å². The zero-order valence-electron chi connectivity index (χ0n) is 7.65. The van der Waals surface area contributed by atoms with Crippen LogP contribution in [0.2, 0.25) is 0 Å². The predicted molar refractivity (Wildman–Crippen MR) is 51.6 cm³/mol. The molecule has 0 heterocycles. The monoisotopic (exact) mass is 141 g/mol. The molecule has 0 aromatic carbocycles. The lowest BCUT2D eigenvalue weighted by atomic mass is 10.4. The summed E-state index contributed by atoms with van der Waals surface area (Å²) in [6.45, 7) is 17.2. The van der Waals surface area contributed by atoms with Crippen molar-refractivity contribution in [2.24, 2.45) is 4.99 Å². The highest BCUT2D eigenvalue weighted by atomic mass is 14.6. The lowest BCUT2D eigenvalue weighted by Crippen LogP contribution is -1.55. The van der Waals surface area contributed by atoms with Gasteiger partial charge in [-0.2, -0.15) is 0 Å². The zero-order valence-corrected chi connectivity index (χ0v) is 7.65. The topological polar surface area (TPSA) is 12.4 Å². The molecule has 0 aliphatic carbocycles. The molecule has 0 unspecified atom stereocenters. The average Bonchev–Trinajstić information content (AvgIpc) is 1.96. The van der Waals surface area contributed by atoms with Crippen LogP contribution < -0.4 is 0 Å². The van der Waals surface area contributed by atoms with Crippen LogP contribution in [-0.4, -0.2) is 6.72 Å². The standard InChI is InChI=1S/C5H9N.C2H6.C2H4/c1-5(2)4-6-3;2*1-2/h4H,3H2,1-2H3;1-2H3;1-2H2. The molecule has 0 bridgehead atoms. The van der Waals surface area contributed by atoms with Gasteiger partial charge in [0.25, 0.3) is 0 Å². The van der Waals surface area contributed by atoms with E-state index in [2.05, 4.69) is 24.9 Å². The Morgan fingerprint density at radius 3 is 1.50 bits per heavy atom. The van der Waals surface area contributed by atoms with E-state index in [1.165, 1.54) is 5.57 Å². The van der Waals surface area contributed by atoms with E-state index in [1.807, 2.05) is 27.7 Å². The van der Waals surface area contributed by atoms with Crippen molar-refractivity contribution in [2.75, 3.05) is 0 Å². The lowest BCUT2D eigenvalue weighted by molar-refractivity contribution is 1.34. The third-order valence-electron chi connectivity index (χ3n) is 0.349. The fraction of sp³-hybridized carbons (Fsp3) is 0.444. The summed E-state index contributed by atoms with van der Waals surface area (Å²) in [5, 5.41) is 0. The van der Waals surface area contributed by atoms with Gasteiger partial charge >= 0.3 is 0 Å². The summed E-state index contributed by atoms with van der Waals surface area (Å²) in [7, 11) is 0. The molecule has 0 radical (unpaired) electrons. The molecule has 0 aliphatic heterocycles. The molecule has 0 aromatic heterocycles. The van der Waals surface area contributed by atoms with E-state index in [4.69, 9.17) is 0 Å². The van der Waals surface area contributed by atoms with Crippen molar-refractivity contribution in [1.82, 2.24) is 0 Å². The van der Waals surface area contributed by atoms with Crippen LogP contribution in [0.15, 0.2) is 29.9 Å². The summed E-state index contributed by atoms with van der Waals surface area (Å²) in [6.07, 6.45) is 1.72. The molecule has 1 nitrogen and oxygen atoms in total. The van der Waals surface area contributed by atoms with Crippen LogP contribution in [0.4, 0.5) is 0 Å². The Balaban J connectivity index is -0.000000105. The van der Waals surface area contributed by atoms with Crippen LogP contribution in [0.3, 0.4) is 0 Å². The van der Waals surface area contributed by atoms with Gasteiger partial charge in [0.1, 0.15) is 0 Å². The van der Waals surface area contributed by atoms with Crippen molar-refractivity contribution in [3.05, 3.63) is 24.9 Å².